The van der Waals surface area contributed by atoms with E-state index in [0.717, 1.165) is 44.3 Å². The highest BCUT2D eigenvalue weighted by molar-refractivity contribution is 5.76. The highest BCUT2D eigenvalue weighted by atomic mass is 16.5. The number of rotatable bonds is 8. The Bertz CT molecular complexity index is 517. The number of piperidine rings is 1. The van der Waals surface area contributed by atoms with E-state index in [9.17, 15) is 4.79 Å². The zero-order chi connectivity index (χ0) is 16.8. The zero-order valence-electron chi connectivity index (χ0n) is 14.7. The Morgan fingerprint density at radius 3 is 2.50 bits per heavy atom. The second-order valence-electron chi connectivity index (χ2n) is 7.28. The van der Waals surface area contributed by atoms with E-state index >= 15 is 0 Å². The molecule has 4 heteroatoms. The molecule has 2 atom stereocenters. The fourth-order valence-corrected chi connectivity index (χ4v) is 4.06. The summed E-state index contributed by atoms with van der Waals surface area (Å²) in [6.45, 7) is 0. The lowest BCUT2D eigenvalue weighted by atomic mass is 9.99. The third-order valence-corrected chi connectivity index (χ3v) is 5.37. The number of carbonyl (C=O) groups excluding carboxylic acids is 1. The topological polar surface area (TPSA) is 50.4 Å². The number of carbonyl (C=O) groups is 1. The van der Waals surface area contributed by atoms with Gasteiger partial charge in [0.1, 0.15) is 5.75 Å². The van der Waals surface area contributed by atoms with Crippen LogP contribution >= 0.6 is 0 Å². The first-order valence-corrected chi connectivity index (χ1v) is 9.41. The van der Waals surface area contributed by atoms with Gasteiger partial charge in [-0.05, 0) is 62.6 Å². The SMILES string of the molecule is COc1ccc(CCCCCC(=O)NC2CC3CCC(C2)N3)cc1. The van der Waals surface area contributed by atoms with Gasteiger partial charge in [0, 0.05) is 24.5 Å². The van der Waals surface area contributed by atoms with E-state index in [1.54, 1.807) is 7.11 Å². The van der Waals surface area contributed by atoms with Crippen molar-refractivity contribution < 1.29 is 9.53 Å². The fraction of sp³-hybridized carbons (Fsp3) is 0.650. The number of ether oxygens (including phenoxy) is 1. The van der Waals surface area contributed by atoms with Gasteiger partial charge in [0.15, 0.2) is 0 Å². The van der Waals surface area contributed by atoms with Crippen LogP contribution in [0.1, 0.15) is 56.9 Å². The number of amides is 1. The minimum atomic E-state index is 0.241. The average molecular weight is 330 g/mol. The van der Waals surface area contributed by atoms with Gasteiger partial charge in [-0.25, -0.2) is 0 Å². The number of methoxy groups -OCH3 is 1. The molecule has 132 valence electrons. The molecule has 2 heterocycles. The molecule has 0 radical (unpaired) electrons. The first kappa shape index (κ1) is 17.3. The zero-order valence-corrected chi connectivity index (χ0v) is 14.7. The Morgan fingerprint density at radius 2 is 1.83 bits per heavy atom. The van der Waals surface area contributed by atoms with Crippen LogP contribution in [0.5, 0.6) is 5.75 Å². The summed E-state index contributed by atoms with van der Waals surface area (Å²) in [5.74, 6) is 1.15. The molecule has 2 unspecified atom stereocenters. The van der Waals surface area contributed by atoms with E-state index in [0.29, 0.717) is 24.5 Å². The molecule has 2 saturated heterocycles. The molecule has 0 spiro atoms. The average Bonchev–Trinajstić information content (AvgIpc) is 2.93. The maximum atomic E-state index is 12.1. The van der Waals surface area contributed by atoms with Crippen molar-refractivity contribution in [1.82, 2.24) is 10.6 Å². The smallest absolute Gasteiger partial charge is 0.220 e. The van der Waals surface area contributed by atoms with Gasteiger partial charge >= 0.3 is 0 Å². The van der Waals surface area contributed by atoms with Gasteiger partial charge < -0.3 is 15.4 Å². The molecular formula is C20H30N2O2. The van der Waals surface area contributed by atoms with E-state index in [2.05, 4.69) is 22.8 Å². The number of aryl methyl sites for hydroxylation is 1. The Morgan fingerprint density at radius 1 is 1.12 bits per heavy atom. The Balaban J connectivity index is 1.26. The predicted molar refractivity (Wildman–Crippen MR) is 96.3 cm³/mol. The van der Waals surface area contributed by atoms with Gasteiger partial charge in [-0.2, -0.15) is 0 Å². The standard InChI is InChI=1S/C20H30N2O2/c1-24-19-11-7-15(8-12-19)5-3-2-4-6-20(23)22-18-13-16-9-10-17(14-18)21-16/h7-8,11-12,16-18,21H,2-6,9-10,13-14H2,1H3,(H,22,23). The van der Waals surface area contributed by atoms with Gasteiger partial charge in [0.2, 0.25) is 5.91 Å². The van der Waals surface area contributed by atoms with Crippen molar-refractivity contribution in [3.63, 3.8) is 0 Å². The van der Waals surface area contributed by atoms with Crippen molar-refractivity contribution in [3.8, 4) is 5.75 Å². The third-order valence-electron chi connectivity index (χ3n) is 5.37. The van der Waals surface area contributed by atoms with E-state index in [4.69, 9.17) is 4.74 Å². The highest BCUT2D eigenvalue weighted by Gasteiger charge is 2.33. The molecule has 2 bridgehead atoms. The fourth-order valence-electron chi connectivity index (χ4n) is 4.06. The predicted octanol–water partition coefficient (Wildman–Crippen LogP) is 3.20. The molecule has 0 aliphatic carbocycles. The van der Waals surface area contributed by atoms with E-state index in [-0.39, 0.29) is 5.91 Å². The third kappa shape index (κ3) is 4.97. The summed E-state index contributed by atoms with van der Waals surface area (Å²) in [7, 11) is 1.69. The van der Waals surface area contributed by atoms with Crippen molar-refractivity contribution in [2.24, 2.45) is 0 Å². The van der Waals surface area contributed by atoms with Crippen molar-refractivity contribution in [2.45, 2.75) is 75.9 Å². The minimum absolute atomic E-state index is 0.241. The Kier molecular flexibility index (Phi) is 6.13. The second-order valence-corrected chi connectivity index (χ2v) is 7.28. The van der Waals surface area contributed by atoms with Gasteiger partial charge in [0.25, 0.3) is 0 Å². The molecule has 0 aromatic heterocycles. The molecule has 2 N–H and O–H groups in total. The van der Waals surface area contributed by atoms with Gasteiger partial charge in [-0.1, -0.05) is 18.6 Å². The van der Waals surface area contributed by atoms with Gasteiger partial charge in [0.05, 0.1) is 7.11 Å². The van der Waals surface area contributed by atoms with Crippen LogP contribution in [0.4, 0.5) is 0 Å². The van der Waals surface area contributed by atoms with Crippen molar-refractivity contribution >= 4 is 5.91 Å². The van der Waals surface area contributed by atoms with Crippen LogP contribution in [-0.2, 0) is 11.2 Å². The number of nitrogens with one attached hydrogen (secondary N) is 2. The lowest BCUT2D eigenvalue weighted by molar-refractivity contribution is -0.122. The van der Waals surface area contributed by atoms with Crippen molar-refractivity contribution in [2.75, 3.05) is 7.11 Å². The summed E-state index contributed by atoms with van der Waals surface area (Å²) in [5, 5.41) is 6.87. The van der Waals surface area contributed by atoms with Crippen LogP contribution in [0.15, 0.2) is 24.3 Å². The normalized spacial score (nSPS) is 25.5. The molecule has 24 heavy (non-hydrogen) atoms. The quantitative estimate of drug-likeness (QED) is 0.720. The second kappa shape index (κ2) is 8.52. The van der Waals surface area contributed by atoms with Crippen LogP contribution in [0.25, 0.3) is 0 Å². The summed E-state index contributed by atoms with van der Waals surface area (Å²) in [6.07, 6.45) is 9.75. The number of unbranched alkanes of at least 4 members (excludes halogenated alkanes) is 2. The van der Waals surface area contributed by atoms with Crippen molar-refractivity contribution in [3.05, 3.63) is 29.8 Å². The molecule has 2 fully saturated rings. The molecule has 3 rings (SSSR count). The Labute approximate surface area is 145 Å². The number of hydrogen-bond donors (Lipinski definition) is 2. The lowest BCUT2D eigenvalue weighted by Gasteiger charge is -2.29. The van der Waals surface area contributed by atoms with Gasteiger partial charge in [-0.15, -0.1) is 0 Å². The van der Waals surface area contributed by atoms with Crippen LogP contribution in [0, 0.1) is 0 Å². The summed E-state index contributed by atoms with van der Waals surface area (Å²) < 4.78 is 5.17. The summed E-state index contributed by atoms with van der Waals surface area (Å²) in [4.78, 5) is 12.1. The summed E-state index contributed by atoms with van der Waals surface area (Å²) in [6, 6.07) is 9.94. The molecule has 0 saturated carbocycles. The number of benzene rings is 1. The maximum absolute atomic E-state index is 12.1. The first-order valence-electron chi connectivity index (χ1n) is 9.41. The first-order chi connectivity index (χ1) is 11.7. The van der Waals surface area contributed by atoms with Crippen LogP contribution < -0.4 is 15.4 Å². The van der Waals surface area contributed by atoms with E-state index in [1.807, 2.05) is 12.1 Å². The molecule has 1 amide bonds. The molecule has 2 aliphatic heterocycles. The molecule has 1 aromatic carbocycles. The number of hydrogen-bond acceptors (Lipinski definition) is 3. The molecular weight excluding hydrogens is 300 g/mol. The highest BCUT2D eigenvalue weighted by Crippen LogP contribution is 2.26. The molecule has 4 nitrogen and oxygen atoms in total. The van der Waals surface area contributed by atoms with Gasteiger partial charge in [-0.3, -0.25) is 4.79 Å². The van der Waals surface area contributed by atoms with Crippen LogP contribution in [0.2, 0.25) is 0 Å². The lowest BCUT2D eigenvalue weighted by Crippen LogP contribution is -2.47. The monoisotopic (exact) mass is 330 g/mol. The summed E-state index contributed by atoms with van der Waals surface area (Å²) in [5.41, 5.74) is 1.34. The Hall–Kier alpha value is -1.55. The van der Waals surface area contributed by atoms with Crippen molar-refractivity contribution in [1.29, 1.82) is 0 Å². The summed E-state index contributed by atoms with van der Waals surface area (Å²) >= 11 is 0. The molecule has 1 aromatic rings. The van der Waals surface area contributed by atoms with E-state index in [1.165, 1.54) is 18.4 Å². The largest absolute Gasteiger partial charge is 0.497 e. The van der Waals surface area contributed by atoms with E-state index < -0.39 is 0 Å². The molecule has 2 aliphatic rings. The minimum Gasteiger partial charge on any atom is -0.497 e. The van der Waals surface area contributed by atoms with Crippen LogP contribution in [0.3, 0.4) is 0 Å². The maximum Gasteiger partial charge on any atom is 0.220 e. The van der Waals surface area contributed by atoms with Crippen LogP contribution in [-0.4, -0.2) is 31.1 Å². The number of fused-ring (bicyclic) bond motifs is 2.